The van der Waals surface area contributed by atoms with Crippen molar-refractivity contribution >= 4 is 18.0 Å². The summed E-state index contributed by atoms with van der Waals surface area (Å²) in [6, 6.07) is -1.30. The normalized spacial score (nSPS) is 12.6. The first kappa shape index (κ1) is 14.9. The third kappa shape index (κ3) is 3.65. The van der Waals surface area contributed by atoms with E-state index in [2.05, 4.69) is 10.4 Å². The Hall–Kier alpha value is -2.15. The van der Waals surface area contributed by atoms with Gasteiger partial charge in [0.2, 0.25) is 5.91 Å². The van der Waals surface area contributed by atoms with Crippen LogP contribution in [-0.2, 0) is 16.6 Å². The fourth-order valence-electron chi connectivity index (χ4n) is 1.60. The number of carboxylic acids is 1. The standard InChI is InChI=1S/C12H17N3O4/c1-7-9(8(2)15(3)14-7)4-5-11(17)13-10(6-16)12(18)19/h4-5,10,16H,6H2,1-3H3,(H,13,17)(H,18,19)/b5-4+. The fraction of sp³-hybridized carbons (Fsp3) is 0.417. The molecule has 104 valence electrons. The van der Waals surface area contributed by atoms with E-state index in [0.29, 0.717) is 0 Å². The number of aryl methyl sites for hydroxylation is 2. The molecule has 3 N–H and O–H groups in total. The van der Waals surface area contributed by atoms with Crippen molar-refractivity contribution in [1.29, 1.82) is 0 Å². The van der Waals surface area contributed by atoms with Gasteiger partial charge in [0.05, 0.1) is 12.3 Å². The lowest BCUT2D eigenvalue weighted by Gasteiger charge is -2.09. The molecule has 0 spiro atoms. The Morgan fingerprint density at radius 2 is 2.11 bits per heavy atom. The zero-order valence-electron chi connectivity index (χ0n) is 11.0. The second kappa shape index (κ2) is 6.14. The maximum Gasteiger partial charge on any atom is 0.328 e. The number of rotatable bonds is 5. The monoisotopic (exact) mass is 267 g/mol. The average Bonchev–Trinajstić information content (AvgIpc) is 2.58. The first-order valence-electron chi connectivity index (χ1n) is 5.69. The van der Waals surface area contributed by atoms with Crippen LogP contribution in [0.15, 0.2) is 6.08 Å². The Morgan fingerprint density at radius 1 is 1.47 bits per heavy atom. The molecular formula is C12H17N3O4. The first-order valence-corrected chi connectivity index (χ1v) is 5.69. The Bertz CT molecular complexity index is 519. The van der Waals surface area contributed by atoms with Crippen LogP contribution in [0.4, 0.5) is 0 Å². The Balaban J connectivity index is 2.76. The van der Waals surface area contributed by atoms with Crippen molar-refractivity contribution < 1.29 is 19.8 Å². The SMILES string of the molecule is Cc1nn(C)c(C)c1/C=C/C(=O)NC(CO)C(=O)O. The van der Waals surface area contributed by atoms with Crippen LogP contribution in [-0.4, -0.2) is 44.5 Å². The van der Waals surface area contributed by atoms with E-state index in [1.807, 2.05) is 13.8 Å². The Kier molecular flexibility index (Phi) is 4.82. The van der Waals surface area contributed by atoms with Gasteiger partial charge in [0.15, 0.2) is 6.04 Å². The molecule has 0 aliphatic rings. The number of hydrogen-bond acceptors (Lipinski definition) is 4. The van der Waals surface area contributed by atoms with Gasteiger partial charge in [0, 0.05) is 24.4 Å². The van der Waals surface area contributed by atoms with Crippen LogP contribution in [0.5, 0.6) is 0 Å². The number of aliphatic hydroxyl groups excluding tert-OH is 1. The molecule has 7 nitrogen and oxygen atoms in total. The second-order valence-corrected chi connectivity index (χ2v) is 4.12. The highest BCUT2D eigenvalue weighted by atomic mass is 16.4. The van der Waals surface area contributed by atoms with E-state index in [1.165, 1.54) is 6.08 Å². The van der Waals surface area contributed by atoms with E-state index in [-0.39, 0.29) is 0 Å². The van der Waals surface area contributed by atoms with Crippen molar-refractivity contribution in [3.05, 3.63) is 23.0 Å². The molecule has 1 heterocycles. The van der Waals surface area contributed by atoms with E-state index in [1.54, 1.807) is 17.8 Å². The number of carboxylic acid groups (broad SMARTS) is 1. The predicted molar refractivity (Wildman–Crippen MR) is 68.4 cm³/mol. The van der Waals surface area contributed by atoms with Gasteiger partial charge in [0.25, 0.3) is 0 Å². The summed E-state index contributed by atoms with van der Waals surface area (Å²) >= 11 is 0. The summed E-state index contributed by atoms with van der Waals surface area (Å²) in [4.78, 5) is 22.2. The minimum Gasteiger partial charge on any atom is -0.480 e. The van der Waals surface area contributed by atoms with Crippen LogP contribution in [0.2, 0.25) is 0 Å². The maximum absolute atomic E-state index is 11.5. The molecule has 19 heavy (non-hydrogen) atoms. The van der Waals surface area contributed by atoms with Crippen molar-refractivity contribution in [3.63, 3.8) is 0 Å². The number of nitrogens with zero attached hydrogens (tertiary/aromatic N) is 2. The number of amides is 1. The summed E-state index contributed by atoms with van der Waals surface area (Å²) in [7, 11) is 1.80. The quantitative estimate of drug-likeness (QED) is 0.630. The lowest BCUT2D eigenvalue weighted by molar-refractivity contribution is -0.142. The van der Waals surface area contributed by atoms with Crippen LogP contribution in [0.1, 0.15) is 17.0 Å². The molecular weight excluding hydrogens is 250 g/mol. The molecule has 0 aromatic carbocycles. The van der Waals surface area contributed by atoms with Gasteiger partial charge in [0.1, 0.15) is 0 Å². The molecule has 0 aliphatic carbocycles. The molecule has 1 unspecified atom stereocenters. The van der Waals surface area contributed by atoms with Crippen molar-refractivity contribution in [2.75, 3.05) is 6.61 Å². The molecule has 0 saturated carbocycles. The summed E-state index contributed by atoms with van der Waals surface area (Å²) in [5.74, 6) is -1.86. The Labute approximate surface area is 110 Å². The van der Waals surface area contributed by atoms with Gasteiger partial charge in [-0.1, -0.05) is 0 Å². The minimum atomic E-state index is -1.30. The van der Waals surface area contributed by atoms with Crippen LogP contribution in [0.3, 0.4) is 0 Å². The number of carbonyl (C=O) groups is 2. The molecule has 1 rings (SSSR count). The van der Waals surface area contributed by atoms with Crippen molar-refractivity contribution in [3.8, 4) is 0 Å². The molecule has 0 fully saturated rings. The molecule has 1 aromatic heterocycles. The highest BCUT2D eigenvalue weighted by molar-refractivity contribution is 5.94. The maximum atomic E-state index is 11.5. The number of nitrogens with one attached hydrogen (secondary N) is 1. The second-order valence-electron chi connectivity index (χ2n) is 4.12. The number of aromatic nitrogens is 2. The lowest BCUT2D eigenvalue weighted by Crippen LogP contribution is -2.42. The van der Waals surface area contributed by atoms with E-state index >= 15 is 0 Å². The zero-order valence-corrected chi connectivity index (χ0v) is 11.0. The van der Waals surface area contributed by atoms with Gasteiger partial charge in [-0.2, -0.15) is 5.10 Å². The summed E-state index contributed by atoms with van der Waals surface area (Å²) in [5.41, 5.74) is 2.49. The molecule has 1 aromatic rings. The topological polar surface area (TPSA) is 104 Å². The molecule has 0 radical (unpaired) electrons. The summed E-state index contributed by atoms with van der Waals surface area (Å²) in [5, 5.41) is 23.8. The van der Waals surface area contributed by atoms with Gasteiger partial charge >= 0.3 is 5.97 Å². The predicted octanol–water partition coefficient (Wildman–Crippen LogP) is -0.388. The van der Waals surface area contributed by atoms with Crippen LogP contribution >= 0.6 is 0 Å². The number of carbonyl (C=O) groups excluding carboxylic acids is 1. The van der Waals surface area contributed by atoms with Crippen LogP contribution in [0.25, 0.3) is 6.08 Å². The highest BCUT2D eigenvalue weighted by Gasteiger charge is 2.17. The third-order valence-electron chi connectivity index (χ3n) is 2.76. The molecule has 1 atom stereocenters. The number of aliphatic hydroxyl groups is 1. The summed E-state index contributed by atoms with van der Waals surface area (Å²) in [6.45, 7) is 3.03. The summed E-state index contributed by atoms with van der Waals surface area (Å²) in [6.07, 6.45) is 2.80. The van der Waals surface area contributed by atoms with E-state index in [9.17, 15) is 9.59 Å². The number of aliphatic carboxylic acids is 1. The fourth-order valence-corrected chi connectivity index (χ4v) is 1.60. The zero-order chi connectivity index (χ0) is 14.6. The van der Waals surface area contributed by atoms with E-state index < -0.39 is 24.5 Å². The van der Waals surface area contributed by atoms with Gasteiger partial charge in [-0.3, -0.25) is 9.48 Å². The van der Waals surface area contributed by atoms with Crippen molar-refractivity contribution in [2.24, 2.45) is 7.05 Å². The molecule has 1 amide bonds. The van der Waals surface area contributed by atoms with Gasteiger partial charge in [-0.15, -0.1) is 0 Å². The third-order valence-corrected chi connectivity index (χ3v) is 2.76. The van der Waals surface area contributed by atoms with Crippen LogP contribution in [0, 0.1) is 13.8 Å². The highest BCUT2D eigenvalue weighted by Crippen LogP contribution is 2.13. The smallest absolute Gasteiger partial charge is 0.328 e. The molecule has 0 aliphatic heterocycles. The minimum absolute atomic E-state index is 0.580. The van der Waals surface area contributed by atoms with E-state index in [0.717, 1.165) is 17.0 Å². The molecule has 0 bridgehead atoms. The number of hydrogen-bond donors (Lipinski definition) is 3. The Morgan fingerprint density at radius 3 is 2.53 bits per heavy atom. The van der Waals surface area contributed by atoms with Gasteiger partial charge in [-0.25, -0.2) is 4.79 Å². The van der Waals surface area contributed by atoms with E-state index in [4.69, 9.17) is 10.2 Å². The van der Waals surface area contributed by atoms with Crippen LogP contribution < -0.4 is 5.32 Å². The first-order chi connectivity index (χ1) is 8.86. The lowest BCUT2D eigenvalue weighted by atomic mass is 10.2. The summed E-state index contributed by atoms with van der Waals surface area (Å²) < 4.78 is 1.70. The van der Waals surface area contributed by atoms with Gasteiger partial charge < -0.3 is 15.5 Å². The molecule has 0 saturated heterocycles. The van der Waals surface area contributed by atoms with Gasteiger partial charge in [-0.05, 0) is 19.9 Å². The average molecular weight is 267 g/mol. The van der Waals surface area contributed by atoms with Crippen molar-refractivity contribution in [2.45, 2.75) is 19.9 Å². The van der Waals surface area contributed by atoms with Crippen molar-refractivity contribution in [1.82, 2.24) is 15.1 Å². The molecule has 7 heteroatoms. The largest absolute Gasteiger partial charge is 0.480 e.